The summed E-state index contributed by atoms with van der Waals surface area (Å²) in [6.45, 7) is 1.84. The van der Waals surface area contributed by atoms with Crippen molar-refractivity contribution in [1.29, 1.82) is 0 Å². The number of aliphatic carboxylic acids is 1. The van der Waals surface area contributed by atoms with E-state index in [1.807, 2.05) is 0 Å². The first-order valence-corrected chi connectivity index (χ1v) is 5.21. The summed E-state index contributed by atoms with van der Waals surface area (Å²) in [6, 6.07) is 3.08. The summed E-state index contributed by atoms with van der Waals surface area (Å²) in [5.41, 5.74) is 6.50. The maximum atomic E-state index is 13.7. The number of hydrogen-bond acceptors (Lipinski definition) is 2. The predicted molar refractivity (Wildman–Crippen MR) is 60.2 cm³/mol. The second-order valence-electron chi connectivity index (χ2n) is 3.68. The van der Waals surface area contributed by atoms with Crippen LogP contribution in [0.5, 0.6) is 0 Å². The molecule has 88 valence electrons. The lowest BCUT2D eigenvalue weighted by Gasteiger charge is -2.15. The molecule has 0 saturated carbocycles. The Bertz CT molecular complexity index is 409. The van der Waals surface area contributed by atoms with E-state index in [4.69, 9.17) is 22.4 Å². The van der Waals surface area contributed by atoms with Crippen molar-refractivity contribution >= 4 is 17.6 Å². The van der Waals surface area contributed by atoms with Gasteiger partial charge in [-0.05, 0) is 30.7 Å². The van der Waals surface area contributed by atoms with Crippen LogP contribution in [-0.2, 0) is 4.79 Å². The van der Waals surface area contributed by atoms with Gasteiger partial charge in [-0.2, -0.15) is 0 Å². The molecule has 1 unspecified atom stereocenters. The molecule has 0 aliphatic carbocycles. The van der Waals surface area contributed by atoms with Gasteiger partial charge >= 0.3 is 5.97 Å². The largest absolute Gasteiger partial charge is 0.481 e. The number of aryl methyl sites for hydroxylation is 1. The van der Waals surface area contributed by atoms with Crippen molar-refractivity contribution in [3.8, 4) is 0 Å². The smallest absolute Gasteiger partial charge is 0.304 e. The average molecular weight is 246 g/mol. The Morgan fingerprint density at radius 1 is 1.62 bits per heavy atom. The monoisotopic (exact) mass is 245 g/mol. The molecule has 0 heterocycles. The third-order valence-corrected chi connectivity index (χ3v) is 2.62. The third kappa shape index (κ3) is 2.93. The molecule has 0 spiro atoms. The zero-order valence-electron chi connectivity index (χ0n) is 8.84. The van der Waals surface area contributed by atoms with Gasteiger partial charge < -0.3 is 10.8 Å². The Labute approximate surface area is 98.0 Å². The molecule has 1 aromatic carbocycles. The number of carbonyl (C=O) groups is 1. The molecule has 3 nitrogen and oxygen atoms in total. The molecule has 5 heteroatoms. The zero-order chi connectivity index (χ0) is 12.3. The standard InChI is InChI=1S/C11H13ClFNO2/c1-6-2-8(11(13)9(12)3-6)7(5-14)4-10(15)16/h2-3,7H,4-5,14H2,1H3,(H,15,16). The van der Waals surface area contributed by atoms with Crippen molar-refractivity contribution in [2.75, 3.05) is 6.54 Å². The zero-order valence-corrected chi connectivity index (χ0v) is 9.59. The number of nitrogens with two attached hydrogens (primary N) is 1. The Morgan fingerprint density at radius 2 is 2.25 bits per heavy atom. The molecule has 3 N–H and O–H groups in total. The summed E-state index contributed by atoms with van der Waals surface area (Å²) in [7, 11) is 0. The van der Waals surface area contributed by atoms with Crippen LogP contribution < -0.4 is 5.73 Å². The van der Waals surface area contributed by atoms with Crippen LogP contribution in [0.1, 0.15) is 23.5 Å². The van der Waals surface area contributed by atoms with Crippen LogP contribution in [0.2, 0.25) is 5.02 Å². The normalized spacial score (nSPS) is 12.5. The molecule has 0 fully saturated rings. The first-order valence-electron chi connectivity index (χ1n) is 4.83. The van der Waals surface area contributed by atoms with Gasteiger partial charge in [0.15, 0.2) is 0 Å². The van der Waals surface area contributed by atoms with Gasteiger partial charge in [0.05, 0.1) is 11.4 Å². The van der Waals surface area contributed by atoms with Crippen molar-refractivity contribution in [1.82, 2.24) is 0 Å². The van der Waals surface area contributed by atoms with E-state index in [9.17, 15) is 9.18 Å². The van der Waals surface area contributed by atoms with Crippen LogP contribution >= 0.6 is 11.6 Å². The van der Waals surface area contributed by atoms with E-state index < -0.39 is 17.7 Å². The summed E-state index contributed by atoms with van der Waals surface area (Å²) in [5, 5.41) is 8.69. The molecule has 0 saturated heterocycles. The molecule has 0 aliphatic rings. The summed E-state index contributed by atoms with van der Waals surface area (Å²) < 4.78 is 13.7. The average Bonchev–Trinajstić information content (AvgIpc) is 2.20. The van der Waals surface area contributed by atoms with E-state index in [1.54, 1.807) is 13.0 Å². The quantitative estimate of drug-likeness (QED) is 0.856. The van der Waals surface area contributed by atoms with Gasteiger partial charge in [-0.1, -0.05) is 17.7 Å². The minimum absolute atomic E-state index is 0.00108. The Balaban J connectivity index is 3.13. The molecular weight excluding hydrogens is 233 g/mol. The van der Waals surface area contributed by atoms with Gasteiger partial charge in [0.2, 0.25) is 0 Å². The molecule has 0 aromatic heterocycles. The van der Waals surface area contributed by atoms with Crippen molar-refractivity contribution in [3.63, 3.8) is 0 Å². The number of carboxylic acids is 1. The van der Waals surface area contributed by atoms with Crippen LogP contribution in [0.4, 0.5) is 4.39 Å². The number of benzene rings is 1. The fourth-order valence-electron chi connectivity index (χ4n) is 1.58. The molecule has 0 radical (unpaired) electrons. The summed E-state index contributed by atoms with van der Waals surface area (Å²) in [4.78, 5) is 10.6. The van der Waals surface area contributed by atoms with Crippen LogP contribution in [0, 0.1) is 12.7 Å². The minimum atomic E-state index is -1.01. The minimum Gasteiger partial charge on any atom is -0.481 e. The van der Waals surface area contributed by atoms with E-state index in [0.29, 0.717) is 0 Å². The van der Waals surface area contributed by atoms with E-state index in [1.165, 1.54) is 6.07 Å². The van der Waals surface area contributed by atoms with Gasteiger partial charge in [-0.25, -0.2) is 4.39 Å². The molecule has 0 amide bonds. The molecule has 16 heavy (non-hydrogen) atoms. The third-order valence-electron chi connectivity index (χ3n) is 2.35. The predicted octanol–water partition coefficient (Wildman–Crippen LogP) is 2.30. The van der Waals surface area contributed by atoms with Crippen molar-refractivity contribution < 1.29 is 14.3 Å². The molecule has 1 atom stereocenters. The highest BCUT2D eigenvalue weighted by Crippen LogP contribution is 2.28. The van der Waals surface area contributed by atoms with Crippen molar-refractivity contribution in [2.24, 2.45) is 5.73 Å². The molecule has 0 aliphatic heterocycles. The van der Waals surface area contributed by atoms with Crippen LogP contribution in [-0.4, -0.2) is 17.6 Å². The molecular formula is C11H13ClFNO2. The van der Waals surface area contributed by atoms with Gasteiger partial charge in [0.1, 0.15) is 5.82 Å². The Kier molecular flexibility index (Phi) is 4.26. The second-order valence-corrected chi connectivity index (χ2v) is 4.09. The lowest BCUT2D eigenvalue weighted by atomic mass is 9.94. The first-order chi connectivity index (χ1) is 7.45. The highest BCUT2D eigenvalue weighted by Gasteiger charge is 2.19. The van der Waals surface area contributed by atoms with E-state index >= 15 is 0 Å². The summed E-state index contributed by atoms with van der Waals surface area (Å²) in [5.74, 6) is -2.13. The Hall–Kier alpha value is -1.13. The maximum absolute atomic E-state index is 13.7. The van der Waals surface area contributed by atoms with E-state index in [2.05, 4.69) is 0 Å². The topological polar surface area (TPSA) is 63.3 Å². The van der Waals surface area contributed by atoms with E-state index in [-0.39, 0.29) is 23.6 Å². The van der Waals surface area contributed by atoms with Gasteiger partial charge in [-0.3, -0.25) is 4.79 Å². The van der Waals surface area contributed by atoms with Gasteiger partial charge in [-0.15, -0.1) is 0 Å². The number of halogens is 2. The number of hydrogen-bond donors (Lipinski definition) is 2. The fourth-order valence-corrected chi connectivity index (χ4v) is 1.86. The molecule has 0 bridgehead atoms. The number of rotatable bonds is 4. The van der Waals surface area contributed by atoms with Crippen LogP contribution in [0.3, 0.4) is 0 Å². The Morgan fingerprint density at radius 3 is 2.75 bits per heavy atom. The SMILES string of the molecule is Cc1cc(Cl)c(F)c(C(CN)CC(=O)O)c1. The fraction of sp³-hybridized carbons (Fsp3) is 0.364. The van der Waals surface area contributed by atoms with E-state index in [0.717, 1.165) is 5.56 Å². The lowest BCUT2D eigenvalue weighted by molar-refractivity contribution is -0.137. The van der Waals surface area contributed by atoms with Gasteiger partial charge in [0.25, 0.3) is 0 Å². The summed E-state index contributed by atoms with van der Waals surface area (Å²) >= 11 is 5.69. The summed E-state index contributed by atoms with van der Waals surface area (Å²) in [6.07, 6.45) is -0.201. The number of carboxylic acid groups (broad SMARTS) is 1. The second kappa shape index (κ2) is 5.27. The first kappa shape index (κ1) is 12.9. The van der Waals surface area contributed by atoms with Crippen molar-refractivity contribution in [3.05, 3.63) is 34.1 Å². The maximum Gasteiger partial charge on any atom is 0.304 e. The highest BCUT2D eigenvalue weighted by atomic mass is 35.5. The van der Waals surface area contributed by atoms with Crippen LogP contribution in [0.15, 0.2) is 12.1 Å². The van der Waals surface area contributed by atoms with Crippen molar-refractivity contribution in [2.45, 2.75) is 19.3 Å². The molecule has 1 rings (SSSR count). The highest BCUT2D eigenvalue weighted by molar-refractivity contribution is 6.30. The molecule has 1 aromatic rings. The van der Waals surface area contributed by atoms with Crippen LogP contribution in [0.25, 0.3) is 0 Å². The van der Waals surface area contributed by atoms with Gasteiger partial charge in [0, 0.05) is 5.92 Å². The lowest BCUT2D eigenvalue weighted by Crippen LogP contribution is -2.17.